The third-order valence-corrected chi connectivity index (χ3v) is 3.58. The largest absolute Gasteiger partial charge is 0.444 e. The van der Waals surface area contributed by atoms with Gasteiger partial charge in [-0.1, -0.05) is 17.4 Å². The summed E-state index contributed by atoms with van der Waals surface area (Å²) >= 11 is 1.65. The van der Waals surface area contributed by atoms with E-state index in [1.165, 1.54) is 10.3 Å². The lowest BCUT2D eigenvalue weighted by atomic mass is 10.2. The minimum absolute atomic E-state index is 0.562. The lowest BCUT2D eigenvalue weighted by molar-refractivity contribution is 0.479. The van der Waals surface area contributed by atoms with Crippen molar-refractivity contribution in [3.05, 3.63) is 41.6 Å². The van der Waals surface area contributed by atoms with Gasteiger partial charge in [0.15, 0.2) is 5.13 Å². The number of fused-ring (bicyclic) bond motifs is 1. The Balaban J connectivity index is 1.78. The summed E-state index contributed by atoms with van der Waals surface area (Å²) < 4.78 is 6.60. The minimum atomic E-state index is 0.562. The van der Waals surface area contributed by atoms with Gasteiger partial charge in [0.25, 0.3) is 0 Å². The molecule has 0 saturated heterocycles. The van der Waals surface area contributed by atoms with Crippen molar-refractivity contribution in [2.45, 2.75) is 20.4 Å². The molecule has 0 saturated carbocycles. The quantitative estimate of drug-likeness (QED) is 0.782. The predicted octanol–water partition coefficient (Wildman–Crippen LogP) is 3.51. The summed E-state index contributed by atoms with van der Waals surface area (Å²) in [5, 5.41) is 4.13. The Morgan fingerprint density at radius 1 is 1.33 bits per heavy atom. The predicted molar refractivity (Wildman–Crippen MR) is 72.9 cm³/mol. The van der Waals surface area contributed by atoms with Crippen LogP contribution in [0.25, 0.3) is 10.2 Å². The van der Waals surface area contributed by atoms with Gasteiger partial charge in [0.2, 0.25) is 5.89 Å². The SMILES string of the molecule is Cc1ccc2nc(NCc3ncc(C)o3)sc2c1. The van der Waals surface area contributed by atoms with Gasteiger partial charge in [0.1, 0.15) is 5.76 Å². The van der Waals surface area contributed by atoms with Crippen LogP contribution >= 0.6 is 11.3 Å². The van der Waals surface area contributed by atoms with Gasteiger partial charge >= 0.3 is 0 Å². The lowest BCUT2D eigenvalue weighted by Crippen LogP contribution is -1.98. The molecule has 0 bridgehead atoms. The highest BCUT2D eigenvalue weighted by Crippen LogP contribution is 2.26. The summed E-state index contributed by atoms with van der Waals surface area (Å²) in [6, 6.07) is 6.26. The van der Waals surface area contributed by atoms with Crippen molar-refractivity contribution in [3.8, 4) is 0 Å². The lowest BCUT2D eigenvalue weighted by Gasteiger charge is -1.96. The fraction of sp³-hybridized carbons (Fsp3) is 0.231. The van der Waals surface area contributed by atoms with Gasteiger partial charge in [-0.15, -0.1) is 0 Å². The van der Waals surface area contributed by atoms with Crippen LogP contribution in [0.4, 0.5) is 5.13 Å². The van der Waals surface area contributed by atoms with E-state index in [0.717, 1.165) is 16.4 Å². The van der Waals surface area contributed by atoms with Crippen LogP contribution in [0.3, 0.4) is 0 Å². The fourth-order valence-electron chi connectivity index (χ4n) is 1.74. The number of thiazole rings is 1. The van der Waals surface area contributed by atoms with E-state index in [1.807, 2.05) is 13.0 Å². The monoisotopic (exact) mass is 259 g/mol. The molecular formula is C13H13N3OS. The Labute approximate surface area is 109 Å². The normalized spacial score (nSPS) is 11.0. The maximum Gasteiger partial charge on any atom is 0.213 e. The van der Waals surface area contributed by atoms with Crippen LogP contribution in [0.1, 0.15) is 17.2 Å². The highest BCUT2D eigenvalue weighted by atomic mass is 32.1. The summed E-state index contributed by atoms with van der Waals surface area (Å²) in [6.45, 7) is 4.53. The Hall–Kier alpha value is -1.88. The van der Waals surface area contributed by atoms with E-state index in [4.69, 9.17) is 4.42 Å². The van der Waals surface area contributed by atoms with E-state index < -0.39 is 0 Å². The maximum atomic E-state index is 5.40. The van der Waals surface area contributed by atoms with E-state index in [2.05, 4.69) is 34.3 Å². The number of hydrogen-bond donors (Lipinski definition) is 1. The number of nitrogens with zero attached hydrogens (tertiary/aromatic N) is 2. The maximum absolute atomic E-state index is 5.40. The van der Waals surface area contributed by atoms with Crippen LogP contribution in [0.15, 0.2) is 28.8 Å². The molecule has 1 N–H and O–H groups in total. The molecule has 0 spiro atoms. The third kappa shape index (κ3) is 2.22. The number of hydrogen-bond acceptors (Lipinski definition) is 5. The van der Waals surface area contributed by atoms with E-state index >= 15 is 0 Å². The molecule has 3 rings (SSSR count). The van der Waals surface area contributed by atoms with E-state index in [0.29, 0.717) is 12.4 Å². The first-order valence-electron chi connectivity index (χ1n) is 5.73. The molecule has 18 heavy (non-hydrogen) atoms. The molecule has 0 aliphatic rings. The summed E-state index contributed by atoms with van der Waals surface area (Å²) in [6.07, 6.45) is 1.72. The number of aryl methyl sites for hydroxylation is 2. The second-order valence-corrected chi connectivity index (χ2v) is 5.24. The molecule has 2 heterocycles. The molecule has 0 aliphatic heterocycles. The zero-order valence-electron chi connectivity index (χ0n) is 10.2. The molecular weight excluding hydrogens is 246 g/mol. The standard InChI is InChI=1S/C13H13N3OS/c1-8-3-4-10-11(5-8)18-13(16-10)15-7-12-14-6-9(2)17-12/h3-6H,7H2,1-2H3,(H,15,16). The first-order valence-corrected chi connectivity index (χ1v) is 6.55. The summed E-state index contributed by atoms with van der Waals surface area (Å²) in [4.78, 5) is 8.66. The highest BCUT2D eigenvalue weighted by Gasteiger charge is 2.05. The van der Waals surface area contributed by atoms with Crippen LogP contribution in [-0.4, -0.2) is 9.97 Å². The average molecular weight is 259 g/mol. The molecule has 0 fully saturated rings. The summed E-state index contributed by atoms with van der Waals surface area (Å²) in [5.41, 5.74) is 2.28. The first-order chi connectivity index (χ1) is 8.70. The number of aromatic nitrogens is 2. The second-order valence-electron chi connectivity index (χ2n) is 4.21. The van der Waals surface area contributed by atoms with Crippen LogP contribution in [-0.2, 0) is 6.54 Å². The van der Waals surface area contributed by atoms with Gasteiger partial charge in [0, 0.05) is 0 Å². The van der Waals surface area contributed by atoms with Crippen molar-refractivity contribution in [2.75, 3.05) is 5.32 Å². The van der Waals surface area contributed by atoms with Crippen LogP contribution < -0.4 is 5.32 Å². The molecule has 0 radical (unpaired) electrons. The Morgan fingerprint density at radius 2 is 2.22 bits per heavy atom. The number of anilines is 1. The molecule has 0 atom stereocenters. The van der Waals surface area contributed by atoms with Crippen LogP contribution in [0.5, 0.6) is 0 Å². The molecule has 1 aromatic carbocycles. The van der Waals surface area contributed by atoms with Gasteiger partial charge < -0.3 is 9.73 Å². The zero-order chi connectivity index (χ0) is 12.5. The molecule has 3 aromatic rings. The van der Waals surface area contributed by atoms with E-state index in [-0.39, 0.29) is 0 Å². The van der Waals surface area contributed by atoms with Crippen molar-refractivity contribution in [1.82, 2.24) is 9.97 Å². The van der Waals surface area contributed by atoms with Crippen molar-refractivity contribution < 1.29 is 4.42 Å². The molecule has 0 amide bonds. The van der Waals surface area contributed by atoms with Crippen LogP contribution in [0.2, 0.25) is 0 Å². The van der Waals surface area contributed by atoms with Crippen LogP contribution in [0, 0.1) is 13.8 Å². The molecule has 0 unspecified atom stereocenters. The van der Waals surface area contributed by atoms with Gasteiger partial charge in [-0.25, -0.2) is 9.97 Å². The Kier molecular flexibility index (Phi) is 2.76. The average Bonchev–Trinajstić information content (AvgIpc) is 2.92. The molecule has 92 valence electrons. The van der Waals surface area contributed by atoms with Crippen molar-refractivity contribution in [1.29, 1.82) is 0 Å². The molecule has 4 nitrogen and oxygen atoms in total. The van der Waals surface area contributed by atoms with Crippen molar-refractivity contribution in [3.63, 3.8) is 0 Å². The highest BCUT2D eigenvalue weighted by molar-refractivity contribution is 7.22. The van der Waals surface area contributed by atoms with Crippen molar-refractivity contribution >= 4 is 26.7 Å². The third-order valence-electron chi connectivity index (χ3n) is 2.60. The first kappa shape index (κ1) is 11.2. The summed E-state index contributed by atoms with van der Waals surface area (Å²) in [7, 11) is 0. The van der Waals surface area contributed by atoms with E-state index in [9.17, 15) is 0 Å². The van der Waals surface area contributed by atoms with Gasteiger partial charge in [0.05, 0.1) is 23.0 Å². The molecule has 2 aromatic heterocycles. The minimum Gasteiger partial charge on any atom is -0.444 e. The Bertz CT molecular complexity index is 686. The molecule has 0 aliphatic carbocycles. The molecule has 5 heteroatoms. The number of oxazole rings is 1. The topological polar surface area (TPSA) is 51.0 Å². The Morgan fingerprint density at radius 3 is 3.00 bits per heavy atom. The van der Waals surface area contributed by atoms with E-state index in [1.54, 1.807) is 17.5 Å². The number of benzene rings is 1. The van der Waals surface area contributed by atoms with Gasteiger partial charge in [-0.2, -0.15) is 0 Å². The van der Waals surface area contributed by atoms with Crippen molar-refractivity contribution in [2.24, 2.45) is 0 Å². The second kappa shape index (κ2) is 4.42. The number of nitrogens with one attached hydrogen (secondary N) is 1. The smallest absolute Gasteiger partial charge is 0.213 e. The fourth-order valence-corrected chi connectivity index (χ4v) is 2.70. The number of rotatable bonds is 3. The zero-order valence-corrected chi connectivity index (χ0v) is 11.0. The van der Waals surface area contributed by atoms with Gasteiger partial charge in [-0.3, -0.25) is 0 Å². The van der Waals surface area contributed by atoms with Gasteiger partial charge in [-0.05, 0) is 31.5 Å². The summed E-state index contributed by atoms with van der Waals surface area (Å²) in [5.74, 6) is 1.51.